The van der Waals surface area contributed by atoms with E-state index in [2.05, 4.69) is 0 Å². The molecule has 0 saturated heterocycles. The summed E-state index contributed by atoms with van der Waals surface area (Å²) in [6.07, 6.45) is 0. The molecule has 0 aromatic carbocycles. The van der Waals surface area contributed by atoms with Gasteiger partial charge in [-0.2, -0.15) is 0 Å². The maximum absolute atomic E-state index is 9.82. The van der Waals surface area contributed by atoms with E-state index in [1.165, 1.54) is 0 Å². The third kappa shape index (κ3) is 23.6. The molecule has 0 aliphatic heterocycles. The quantitative estimate of drug-likeness (QED) is 0.333. The molecule has 0 radical (unpaired) electrons. The van der Waals surface area contributed by atoms with Crippen molar-refractivity contribution < 1.29 is 7.33 Å². The van der Waals surface area contributed by atoms with E-state index in [1.54, 1.807) is 0 Å². The Morgan fingerprint density at radius 1 is 1.75 bits per heavy atom. The van der Waals surface area contributed by atoms with Gasteiger partial charge >= 0.3 is 22.9 Å². The van der Waals surface area contributed by atoms with E-state index in [0.29, 0.717) is 0 Å². The van der Waals surface area contributed by atoms with E-state index in [9.17, 15) is 3.52 Å². The van der Waals surface area contributed by atoms with Crippen LogP contribution in [0.15, 0.2) is 0 Å². The van der Waals surface area contributed by atoms with Gasteiger partial charge < -0.3 is 0 Å². The first-order valence-electron chi connectivity index (χ1n) is 0.454. The molecular weight excluding hydrogens is 90.1 g/mol. The van der Waals surface area contributed by atoms with E-state index >= 15 is 0 Å². The third-order valence-electron chi connectivity index (χ3n) is 0. The van der Waals surface area contributed by atoms with Gasteiger partial charge in [-0.1, -0.05) is 0 Å². The van der Waals surface area contributed by atoms with Crippen LogP contribution in [-0.4, -0.2) is 26.6 Å². The summed E-state index contributed by atoms with van der Waals surface area (Å²) in [5.41, 5.74) is 0. The molecule has 0 aromatic rings. The number of hydrogen-bond donors (Lipinski definition) is 0. The molecule has 4 heavy (non-hydrogen) atoms. The maximum Gasteiger partial charge on any atom is -0.0149 e. The van der Waals surface area contributed by atoms with Crippen molar-refractivity contribution in [1.82, 2.24) is 0 Å². The maximum atomic E-state index is 9.82. The predicted octanol–water partition coefficient (Wildman–Crippen LogP) is -1.53. The molecule has 0 aliphatic carbocycles. The van der Waals surface area contributed by atoms with Crippen molar-refractivity contribution in [3.05, 3.63) is 0 Å². The fraction of sp³-hybridized carbons (Fsp3) is 0. The van der Waals surface area contributed by atoms with E-state index in [0.717, 1.165) is 0 Å². The van der Waals surface area contributed by atoms with Crippen molar-refractivity contribution in [2.24, 2.45) is 0 Å². The van der Waals surface area contributed by atoms with Crippen LogP contribution in [0.5, 0.6) is 0 Å². The Morgan fingerprint density at radius 3 is 1.75 bits per heavy atom. The first kappa shape index (κ1) is 8.82. The molecule has 0 rings (SSSR count). The average molecular weight is 94.1 g/mol. The van der Waals surface area contributed by atoms with Gasteiger partial charge in [0.05, 0.1) is 0 Å². The van der Waals surface area contributed by atoms with Gasteiger partial charge in [0.25, 0.3) is 0 Å². The first-order chi connectivity index (χ1) is 1.41. The van der Waals surface area contributed by atoms with Crippen molar-refractivity contribution in [3.63, 3.8) is 0 Å². The van der Waals surface area contributed by atoms with Gasteiger partial charge in [-0.3, -0.25) is 0 Å². The van der Waals surface area contributed by atoms with Crippen LogP contribution in [-0.2, 0) is 3.80 Å². The molecule has 24 valence electrons. The second kappa shape index (κ2) is 9.77. The molecule has 0 unspecified atom stereocenters. The van der Waals surface area contributed by atoms with Crippen LogP contribution in [0.25, 0.3) is 0 Å². The zero-order valence-electron chi connectivity index (χ0n) is 1.36. The largest absolute Gasteiger partial charge is 0.0149 e. The van der Waals surface area contributed by atoms with Gasteiger partial charge in [0.1, 0.15) is 0 Å². The summed E-state index contributed by atoms with van der Waals surface area (Å²) in [5.74, 6) is 0. The summed E-state index contributed by atoms with van der Waals surface area (Å²) in [6.45, 7) is 0. The van der Waals surface area contributed by atoms with Gasteiger partial charge in [0.15, 0.2) is 0 Å². The zero-order chi connectivity index (χ0) is 2.71. The monoisotopic (exact) mass is 94.0 g/mol. The molecule has 0 bridgehead atoms. The smallest absolute Gasteiger partial charge is 0.0149 e. The summed E-state index contributed by atoms with van der Waals surface area (Å²) in [4.78, 5) is 0. The van der Waals surface area contributed by atoms with E-state index in [1.807, 2.05) is 0 Å². The van der Waals surface area contributed by atoms with Crippen molar-refractivity contribution in [2.45, 2.75) is 0 Å². The first-order valence-corrected chi connectivity index (χ1v) is 1.36. The predicted molar refractivity (Wildman–Crippen MR) is 18.9 cm³/mol. The minimum absolute atomic E-state index is 0. The van der Waals surface area contributed by atoms with Crippen LogP contribution in [0, 0.1) is 0 Å². The minimum Gasteiger partial charge on any atom is -0.0149 e. The minimum atomic E-state index is -2.00. The summed E-state index contributed by atoms with van der Waals surface area (Å²) < 4.78 is 18.2. The van der Waals surface area contributed by atoms with E-state index in [4.69, 9.17) is 3.80 Å². The standard InChI is InChI=1S/Al.FH.O.H4Si/h;1H;;1H4/q+1;;;/p-1. The van der Waals surface area contributed by atoms with Crippen molar-refractivity contribution >= 4 is 26.6 Å². The van der Waals surface area contributed by atoms with Gasteiger partial charge in [-0.05, 0) is 11.0 Å². The third-order valence-corrected chi connectivity index (χ3v) is 0. The van der Waals surface area contributed by atoms with Crippen molar-refractivity contribution in [1.29, 1.82) is 0 Å². The van der Waals surface area contributed by atoms with E-state index in [-0.39, 0.29) is 11.0 Å². The molecule has 1 nitrogen and oxygen atoms in total. The Morgan fingerprint density at radius 2 is 1.75 bits per heavy atom. The van der Waals surface area contributed by atoms with Crippen molar-refractivity contribution in [2.75, 3.05) is 0 Å². The summed E-state index contributed by atoms with van der Waals surface area (Å²) in [6, 6.07) is 0. The normalized spacial score (nSPS) is 2.25. The Kier molecular flexibility index (Phi) is 21.6. The topological polar surface area (TPSA) is 17.1 Å². The van der Waals surface area contributed by atoms with Crippen LogP contribution < -0.4 is 0 Å². The molecule has 0 atom stereocenters. The van der Waals surface area contributed by atoms with E-state index < -0.39 is 15.6 Å². The zero-order valence-corrected chi connectivity index (χ0v) is 2.52. The molecule has 0 aromatic heterocycles. The average Bonchev–Trinajstić information content (AvgIpc) is 0.918. The Balaban J connectivity index is 0. The molecule has 0 saturated carbocycles. The van der Waals surface area contributed by atoms with Crippen LogP contribution in [0.2, 0.25) is 0 Å². The second-order valence-corrected chi connectivity index (χ2v) is 0.267. The second-order valence-electron chi connectivity index (χ2n) is 0.0891. The van der Waals surface area contributed by atoms with Crippen LogP contribution in [0.3, 0.4) is 0 Å². The molecule has 0 fully saturated rings. The molecular formula is H4AlFOSi. The van der Waals surface area contributed by atoms with Crippen molar-refractivity contribution in [3.8, 4) is 0 Å². The molecule has 0 N–H and O–H groups in total. The molecule has 0 amide bonds. The number of hydrogen-bond acceptors (Lipinski definition) is 1. The molecule has 0 aliphatic rings. The summed E-state index contributed by atoms with van der Waals surface area (Å²) in [7, 11) is 0. The summed E-state index contributed by atoms with van der Waals surface area (Å²) >= 11 is -2.00. The van der Waals surface area contributed by atoms with Gasteiger partial charge in [-0.15, -0.1) is 0 Å². The van der Waals surface area contributed by atoms with Gasteiger partial charge in [-0.25, -0.2) is 0 Å². The van der Waals surface area contributed by atoms with Gasteiger partial charge in [0.2, 0.25) is 0 Å². The summed E-state index contributed by atoms with van der Waals surface area (Å²) in [5, 5.41) is 0. The van der Waals surface area contributed by atoms with Crippen LogP contribution in [0.1, 0.15) is 0 Å². The number of rotatable bonds is 0. The molecule has 0 spiro atoms. The van der Waals surface area contributed by atoms with Gasteiger partial charge in [0, 0.05) is 0 Å². The Bertz CT molecular complexity index is 15.5. The fourth-order valence-corrected chi connectivity index (χ4v) is 0. The van der Waals surface area contributed by atoms with Crippen LogP contribution >= 0.6 is 0 Å². The van der Waals surface area contributed by atoms with Crippen LogP contribution in [0.4, 0.5) is 3.52 Å². The Labute approximate surface area is 34.6 Å². The number of halogens is 1. The molecule has 4 heteroatoms. The fourth-order valence-electron chi connectivity index (χ4n) is 0. The Hall–Kier alpha value is 0.479. The molecule has 0 heterocycles. The SMILES string of the molecule is [O]=[Al][F].[SiH4].